The van der Waals surface area contributed by atoms with Crippen molar-refractivity contribution < 1.29 is 65.2 Å². The quantitative estimate of drug-likeness (QED) is 0.0436. The predicted molar refractivity (Wildman–Crippen MR) is 299 cm³/mol. The van der Waals surface area contributed by atoms with Gasteiger partial charge in [-0.3, -0.25) is 29.4 Å². The highest BCUT2D eigenvalue weighted by Gasteiger charge is 2.58. The van der Waals surface area contributed by atoms with Crippen LogP contribution in [0.1, 0.15) is 92.5 Å². The van der Waals surface area contributed by atoms with Crippen LogP contribution in [-0.2, 0) is 48.6 Å². The lowest BCUT2D eigenvalue weighted by Crippen LogP contribution is -2.42. The van der Waals surface area contributed by atoms with E-state index >= 15 is 0 Å². The highest BCUT2D eigenvalue weighted by atomic mass is 32.2. The molecule has 0 aliphatic carbocycles. The van der Waals surface area contributed by atoms with Crippen LogP contribution >= 0.6 is 0 Å². The van der Waals surface area contributed by atoms with Gasteiger partial charge in [-0.25, -0.2) is 65.8 Å². The van der Waals surface area contributed by atoms with Crippen molar-refractivity contribution in [1.29, 1.82) is 0 Å². The van der Waals surface area contributed by atoms with E-state index in [2.05, 4.69) is 71.2 Å². The predicted octanol–water partition coefficient (Wildman–Crippen LogP) is 3.19. The fourth-order valence-corrected chi connectivity index (χ4v) is 11.5. The van der Waals surface area contributed by atoms with E-state index in [1.165, 1.54) is 59.9 Å². The molecule has 83 heavy (non-hydrogen) atoms. The van der Waals surface area contributed by atoms with Gasteiger partial charge in [-0.2, -0.15) is 0 Å². The number of carbonyl (C=O) groups excluding carboxylic acids is 4. The number of rotatable bonds is 22. The third-order valence-corrected chi connectivity index (χ3v) is 16.1. The molecule has 4 aromatic heterocycles. The van der Waals surface area contributed by atoms with Gasteiger partial charge in [0.1, 0.15) is 37.1 Å². The molecule has 3 fully saturated rings. The number of fused-ring (bicyclic) bond motifs is 3. The van der Waals surface area contributed by atoms with Gasteiger partial charge in [0.25, 0.3) is 11.8 Å². The molecular formula is C51H68N16O14S2. The van der Waals surface area contributed by atoms with E-state index in [0.717, 1.165) is 44.9 Å². The standard InChI is InChI=1S/C27H36N8O7S.C24H32N8O7S/c1-5-7-8-12-32-43(38,39)17-11-9-10-16(13-17)33-26(37)34-22-18-23(30-14-29-22)35(15-31-18)25-21-19(41-27(3,4)42-21)20(40-25)24(36)28-6-2;1-3-5-6-10-29-40(37,38)15-9-7-8-14(11-15)30-24(36)31-20-16-21(27-12-26-20)32(13-28-16)23-18(34)17(33)19(39-23)22(35)25-4-2/h9-11,13-15,19-21,25,32H,5-8,12H2,1-4H3,(H,28,36)(H2,29,30,33,34,37);7-9,11-13,17-19,23,29,33-34H,3-6,10H2,1-2H3,(H,25,35)(H2,26,27,30,31,36)/t19?,20-,21?,25+;17?,18?,19-,23+/m00/s1. The lowest BCUT2D eigenvalue weighted by molar-refractivity contribution is -0.197. The first kappa shape index (κ1) is 61.7. The molecule has 448 valence electrons. The molecule has 9 rings (SSSR count). The maximum atomic E-state index is 12.9. The highest BCUT2D eigenvalue weighted by Crippen LogP contribution is 2.44. The summed E-state index contributed by atoms with van der Waals surface area (Å²) in [5.74, 6) is -1.68. The highest BCUT2D eigenvalue weighted by molar-refractivity contribution is 7.89. The van der Waals surface area contributed by atoms with Crippen molar-refractivity contribution in [3.8, 4) is 0 Å². The van der Waals surface area contributed by atoms with Gasteiger partial charge in [0, 0.05) is 37.6 Å². The number of carbonyl (C=O) groups is 4. The van der Waals surface area contributed by atoms with Crippen LogP contribution in [0.5, 0.6) is 0 Å². The summed E-state index contributed by atoms with van der Waals surface area (Å²) in [4.78, 5) is 75.9. The van der Waals surface area contributed by atoms with Crippen LogP contribution < -0.4 is 41.3 Å². The first-order chi connectivity index (χ1) is 39.7. The number of imidazole rings is 2. The van der Waals surface area contributed by atoms with Crippen molar-refractivity contribution in [3.05, 3.63) is 73.8 Å². The van der Waals surface area contributed by atoms with Crippen LogP contribution in [0.15, 0.2) is 83.6 Å². The Kier molecular flexibility index (Phi) is 20.0. The van der Waals surface area contributed by atoms with Crippen molar-refractivity contribution in [2.45, 2.75) is 145 Å². The Hall–Kier alpha value is -7.40. The topological polar surface area (TPSA) is 397 Å². The molecule has 3 saturated heterocycles. The first-order valence-electron chi connectivity index (χ1n) is 27.0. The van der Waals surface area contributed by atoms with Crippen LogP contribution in [0.3, 0.4) is 0 Å². The second kappa shape index (κ2) is 26.9. The Bertz CT molecular complexity index is 3510. The maximum absolute atomic E-state index is 12.9. The zero-order valence-electron chi connectivity index (χ0n) is 46.3. The van der Waals surface area contributed by atoms with Gasteiger partial charge < -0.3 is 50.4 Å². The fourth-order valence-electron chi connectivity index (χ4n) is 9.28. The van der Waals surface area contributed by atoms with Gasteiger partial charge in [-0.15, -0.1) is 0 Å². The van der Waals surface area contributed by atoms with Gasteiger partial charge in [0.15, 0.2) is 64.4 Å². The van der Waals surface area contributed by atoms with Crippen LogP contribution in [0.25, 0.3) is 22.3 Å². The second-order valence-electron chi connectivity index (χ2n) is 19.7. The van der Waals surface area contributed by atoms with Crippen LogP contribution in [0, 0.1) is 0 Å². The summed E-state index contributed by atoms with van der Waals surface area (Å²) in [6, 6.07) is 10.4. The number of unbranched alkanes of at least 4 members (excludes halogenated alkanes) is 4. The number of urea groups is 2. The molecular weight excluding hydrogens is 1120 g/mol. The van der Waals surface area contributed by atoms with Gasteiger partial charge in [-0.1, -0.05) is 51.7 Å². The molecule has 7 heterocycles. The summed E-state index contributed by atoms with van der Waals surface area (Å²) in [6.45, 7) is 12.5. The lowest BCUT2D eigenvalue weighted by Gasteiger charge is -2.24. The largest absolute Gasteiger partial charge is 0.387 e. The number of nitrogens with one attached hydrogen (secondary N) is 8. The van der Waals surface area contributed by atoms with Gasteiger partial charge in [-0.05, 0) is 76.9 Å². The SMILES string of the molecule is CCCCCNS(=O)(=O)c1cccc(NC(=O)Nc2ncnc3c2ncn3[C@@H]2O[C@H](C(=O)NCC)C(O)C2O)c1.CCCCCNS(=O)(=O)c1cccc(NC(=O)Nc2ncnc3c2ncn3[C@@H]2O[C@H](C(=O)NCC)C3OC(C)(C)OC32)c1. The number of benzene rings is 2. The van der Waals surface area contributed by atoms with Crippen LogP contribution in [-0.4, -0.2) is 159 Å². The number of aromatic nitrogens is 8. The molecule has 32 heteroatoms. The van der Waals surface area contributed by atoms with E-state index in [1.54, 1.807) is 37.5 Å². The van der Waals surface area contributed by atoms with E-state index in [1.807, 2.05) is 20.8 Å². The average Bonchev–Trinajstić information content (AvgIpc) is 4.36. The molecule has 6 aromatic rings. The number of ether oxygens (including phenoxy) is 4. The van der Waals surface area contributed by atoms with E-state index in [-0.39, 0.29) is 55.4 Å². The molecule has 3 aliphatic rings. The van der Waals surface area contributed by atoms with Crippen molar-refractivity contribution >= 4 is 89.3 Å². The minimum atomic E-state index is -3.74. The minimum Gasteiger partial charge on any atom is -0.387 e. The summed E-state index contributed by atoms with van der Waals surface area (Å²) in [7, 11) is -7.47. The number of hydrogen-bond donors (Lipinski definition) is 10. The molecule has 4 unspecified atom stereocenters. The number of hydrogen-bond acceptors (Lipinski definition) is 20. The molecule has 8 atom stereocenters. The maximum Gasteiger partial charge on any atom is 0.324 e. The Morgan fingerprint density at radius 1 is 0.578 bits per heavy atom. The van der Waals surface area contributed by atoms with Gasteiger partial charge >= 0.3 is 12.1 Å². The number of sulfonamides is 2. The molecule has 0 spiro atoms. The number of aliphatic hydroxyl groups excluding tert-OH is 2. The third kappa shape index (κ3) is 14.5. The Balaban J connectivity index is 0.000000217. The van der Waals surface area contributed by atoms with Crippen molar-refractivity contribution in [2.75, 3.05) is 47.4 Å². The van der Waals surface area contributed by atoms with Crippen molar-refractivity contribution in [1.82, 2.24) is 59.1 Å². The molecule has 0 radical (unpaired) electrons. The van der Waals surface area contributed by atoms with E-state index < -0.39 is 92.9 Å². The molecule has 0 saturated carbocycles. The molecule has 30 nitrogen and oxygen atoms in total. The van der Waals surface area contributed by atoms with Crippen molar-refractivity contribution in [3.63, 3.8) is 0 Å². The monoisotopic (exact) mass is 1190 g/mol. The molecule has 2 aromatic carbocycles. The Morgan fingerprint density at radius 3 is 1.52 bits per heavy atom. The summed E-state index contributed by atoms with van der Waals surface area (Å²) in [6.07, 6.45) is 2.02. The third-order valence-electron chi connectivity index (χ3n) is 13.2. The van der Waals surface area contributed by atoms with Gasteiger partial charge in [0.05, 0.1) is 22.4 Å². The molecule has 10 N–H and O–H groups in total. The molecule has 6 amide bonds. The number of aliphatic hydroxyl groups is 2. The second-order valence-corrected chi connectivity index (χ2v) is 23.3. The number of nitrogens with zero attached hydrogens (tertiary/aromatic N) is 8. The zero-order chi connectivity index (χ0) is 59.6. The summed E-state index contributed by atoms with van der Waals surface area (Å²) >= 11 is 0. The number of amides is 6. The number of likely N-dealkylation sites (N-methyl/N-ethyl adjacent to an activating group) is 2. The van der Waals surface area contributed by atoms with Crippen molar-refractivity contribution in [2.24, 2.45) is 0 Å². The molecule has 3 aliphatic heterocycles. The average molecular weight is 1190 g/mol. The van der Waals surface area contributed by atoms with Gasteiger partial charge in [0.2, 0.25) is 20.0 Å². The normalized spacial score (nSPS) is 21.9. The van der Waals surface area contributed by atoms with Crippen LogP contribution in [0.2, 0.25) is 0 Å². The summed E-state index contributed by atoms with van der Waals surface area (Å²) in [5.41, 5.74) is 1.42. The van der Waals surface area contributed by atoms with E-state index in [4.69, 9.17) is 18.9 Å². The summed E-state index contributed by atoms with van der Waals surface area (Å²) < 4.78 is 82.4. The number of anilines is 4. The lowest BCUT2D eigenvalue weighted by atomic mass is 10.1. The molecule has 0 bridgehead atoms. The van der Waals surface area contributed by atoms with Crippen LogP contribution in [0.4, 0.5) is 32.6 Å². The van der Waals surface area contributed by atoms with E-state index in [0.29, 0.717) is 31.8 Å². The summed E-state index contributed by atoms with van der Waals surface area (Å²) in [5, 5.41) is 36.6. The Morgan fingerprint density at radius 2 is 1.04 bits per heavy atom. The smallest absolute Gasteiger partial charge is 0.324 e. The first-order valence-corrected chi connectivity index (χ1v) is 29.9. The zero-order valence-corrected chi connectivity index (χ0v) is 47.9. The fraction of sp³-hybridized carbons (Fsp3) is 0.490. The van der Waals surface area contributed by atoms with E-state index in [9.17, 15) is 46.2 Å². The Labute approximate surface area is 477 Å². The minimum absolute atomic E-state index is 0.00759.